The maximum Gasteiger partial charge on any atom is 0.255 e. The van der Waals surface area contributed by atoms with Crippen molar-refractivity contribution in [2.24, 2.45) is 0 Å². The van der Waals surface area contributed by atoms with Crippen molar-refractivity contribution in [3.8, 4) is 0 Å². The van der Waals surface area contributed by atoms with E-state index in [1.54, 1.807) is 30.3 Å². The van der Waals surface area contributed by atoms with Crippen molar-refractivity contribution in [3.05, 3.63) is 93.5 Å². The predicted molar refractivity (Wildman–Crippen MR) is 117 cm³/mol. The van der Waals surface area contributed by atoms with Gasteiger partial charge in [-0.15, -0.1) is 11.8 Å². The van der Waals surface area contributed by atoms with Crippen LogP contribution in [0.15, 0.2) is 71.6 Å². The largest absolute Gasteiger partial charge is 0.322 e. The van der Waals surface area contributed by atoms with Crippen molar-refractivity contribution in [1.82, 2.24) is 0 Å². The number of thioether (sulfide) groups is 1. The molecule has 28 heavy (non-hydrogen) atoms. The Labute approximate surface area is 178 Å². The number of amides is 1. The van der Waals surface area contributed by atoms with Gasteiger partial charge in [0.05, 0.1) is 15.8 Å². The minimum Gasteiger partial charge on any atom is -0.322 e. The van der Waals surface area contributed by atoms with Crippen molar-refractivity contribution in [1.29, 1.82) is 0 Å². The molecule has 0 spiro atoms. The number of anilines is 1. The summed E-state index contributed by atoms with van der Waals surface area (Å²) in [5.74, 6) is 0.100. The average molecular weight is 430 g/mol. The van der Waals surface area contributed by atoms with Crippen LogP contribution < -0.4 is 5.32 Å². The molecule has 3 nitrogen and oxygen atoms in total. The Bertz CT molecular complexity index is 1000. The van der Waals surface area contributed by atoms with Crippen LogP contribution in [-0.4, -0.2) is 17.4 Å². The van der Waals surface area contributed by atoms with Crippen LogP contribution >= 0.6 is 35.0 Å². The van der Waals surface area contributed by atoms with Crippen LogP contribution in [0.5, 0.6) is 0 Å². The van der Waals surface area contributed by atoms with Gasteiger partial charge in [0, 0.05) is 21.7 Å². The molecule has 3 aromatic carbocycles. The van der Waals surface area contributed by atoms with Crippen molar-refractivity contribution in [2.45, 2.75) is 11.8 Å². The lowest BCUT2D eigenvalue weighted by molar-refractivity contribution is 0.101. The van der Waals surface area contributed by atoms with Crippen molar-refractivity contribution in [3.63, 3.8) is 0 Å². The highest BCUT2D eigenvalue weighted by atomic mass is 35.5. The lowest BCUT2D eigenvalue weighted by Crippen LogP contribution is -2.11. The normalized spacial score (nSPS) is 10.5. The second-order valence-corrected chi connectivity index (χ2v) is 8.05. The summed E-state index contributed by atoms with van der Waals surface area (Å²) in [7, 11) is 0. The van der Waals surface area contributed by atoms with E-state index in [2.05, 4.69) is 5.32 Å². The summed E-state index contributed by atoms with van der Waals surface area (Å²) in [6.07, 6.45) is 0. The van der Waals surface area contributed by atoms with E-state index < -0.39 is 0 Å². The standard InChI is InChI=1S/C22H17Cl2NO2S/c1-14-2-4-15(5-3-14)22(27)25-17-7-9-18(10-8-17)28-13-21(26)16-6-11-19(23)20(24)12-16/h2-12H,13H2,1H3,(H,25,27). The second-order valence-electron chi connectivity index (χ2n) is 6.19. The molecule has 0 saturated carbocycles. The van der Waals surface area contributed by atoms with Gasteiger partial charge in [0.1, 0.15) is 0 Å². The number of hydrogen-bond donors (Lipinski definition) is 1. The molecule has 0 aliphatic carbocycles. The Morgan fingerprint density at radius 3 is 2.14 bits per heavy atom. The van der Waals surface area contributed by atoms with Gasteiger partial charge < -0.3 is 5.32 Å². The molecule has 0 bridgehead atoms. The first-order valence-corrected chi connectivity index (χ1v) is 10.3. The van der Waals surface area contributed by atoms with E-state index in [4.69, 9.17) is 23.2 Å². The molecule has 0 atom stereocenters. The van der Waals surface area contributed by atoms with Crippen LogP contribution in [0.1, 0.15) is 26.3 Å². The summed E-state index contributed by atoms with van der Waals surface area (Å²) in [6, 6.07) is 19.6. The lowest BCUT2D eigenvalue weighted by Gasteiger charge is -2.07. The third-order valence-corrected chi connectivity index (χ3v) is 5.79. The van der Waals surface area contributed by atoms with Crippen molar-refractivity contribution >= 4 is 52.3 Å². The zero-order valence-electron chi connectivity index (χ0n) is 15.0. The Kier molecular flexibility index (Phi) is 6.79. The third-order valence-electron chi connectivity index (χ3n) is 4.04. The number of nitrogens with one attached hydrogen (secondary N) is 1. The topological polar surface area (TPSA) is 46.2 Å². The van der Waals surface area contributed by atoms with Gasteiger partial charge in [0.15, 0.2) is 5.78 Å². The predicted octanol–water partition coefficient (Wildman–Crippen LogP) is 6.53. The molecule has 0 fully saturated rings. The monoisotopic (exact) mass is 429 g/mol. The van der Waals surface area contributed by atoms with E-state index in [0.29, 0.717) is 26.9 Å². The maximum atomic E-state index is 12.3. The molecular formula is C22H17Cl2NO2S. The van der Waals surface area contributed by atoms with E-state index >= 15 is 0 Å². The molecule has 3 aromatic rings. The van der Waals surface area contributed by atoms with Crippen LogP contribution in [0.2, 0.25) is 10.0 Å². The number of Topliss-reactive ketones (excluding diaryl/α,β-unsaturated/α-hetero) is 1. The Morgan fingerprint density at radius 2 is 1.50 bits per heavy atom. The van der Waals surface area contributed by atoms with Crippen molar-refractivity contribution < 1.29 is 9.59 Å². The number of benzene rings is 3. The van der Waals surface area contributed by atoms with E-state index in [0.717, 1.165) is 10.5 Å². The van der Waals surface area contributed by atoms with E-state index in [1.807, 2.05) is 43.3 Å². The molecule has 1 N–H and O–H groups in total. The van der Waals surface area contributed by atoms with Gasteiger partial charge in [-0.2, -0.15) is 0 Å². The Balaban J connectivity index is 1.56. The first kappa shape index (κ1) is 20.5. The molecule has 0 aromatic heterocycles. The Morgan fingerprint density at radius 1 is 0.857 bits per heavy atom. The fourth-order valence-electron chi connectivity index (χ4n) is 2.44. The quantitative estimate of drug-likeness (QED) is 0.357. The Hall–Kier alpha value is -2.27. The van der Waals surface area contributed by atoms with Crippen LogP contribution in [-0.2, 0) is 0 Å². The van der Waals surface area contributed by atoms with Gasteiger partial charge in [-0.05, 0) is 61.5 Å². The van der Waals surface area contributed by atoms with Gasteiger partial charge in [-0.1, -0.05) is 40.9 Å². The first-order valence-electron chi connectivity index (χ1n) is 8.51. The molecule has 0 aliphatic rings. The average Bonchev–Trinajstić information content (AvgIpc) is 2.69. The zero-order chi connectivity index (χ0) is 20.1. The summed E-state index contributed by atoms with van der Waals surface area (Å²) < 4.78 is 0. The van der Waals surface area contributed by atoms with Crippen LogP contribution in [0, 0.1) is 6.92 Å². The summed E-state index contributed by atoms with van der Waals surface area (Å²) in [5, 5.41) is 3.66. The molecule has 3 rings (SSSR count). The highest BCUT2D eigenvalue weighted by Gasteiger charge is 2.10. The number of hydrogen-bond acceptors (Lipinski definition) is 3. The molecule has 0 unspecified atom stereocenters. The fraction of sp³-hybridized carbons (Fsp3) is 0.0909. The SMILES string of the molecule is Cc1ccc(C(=O)Nc2ccc(SCC(=O)c3ccc(Cl)c(Cl)c3)cc2)cc1. The summed E-state index contributed by atoms with van der Waals surface area (Å²) in [5.41, 5.74) is 2.94. The van der Waals surface area contributed by atoms with Crippen LogP contribution in [0.25, 0.3) is 0 Å². The second kappa shape index (κ2) is 9.28. The van der Waals surface area contributed by atoms with Crippen molar-refractivity contribution in [2.75, 3.05) is 11.1 Å². The number of halogens is 2. The zero-order valence-corrected chi connectivity index (χ0v) is 17.4. The summed E-state index contributed by atoms with van der Waals surface area (Å²) in [6.45, 7) is 1.98. The number of carbonyl (C=O) groups is 2. The molecule has 6 heteroatoms. The van der Waals surface area contributed by atoms with E-state index in [9.17, 15) is 9.59 Å². The molecule has 142 valence electrons. The van der Waals surface area contributed by atoms with E-state index in [-0.39, 0.29) is 17.4 Å². The highest BCUT2D eigenvalue weighted by Crippen LogP contribution is 2.25. The molecule has 0 heterocycles. The smallest absolute Gasteiger partial charge is 0.255 e. The number of rotatable bonds is 6. The third kappa shape index (κ3) is 5.38. The lowest BCUT2D eigenvalue weighted by atomic mass is 10.1. The van der Waals surface area contributed by atoms with Crippen LogP contribution in [0.4, 0.5) is 5.69 Å². The number of carbonyl (C=O) groups excluding carboxylic acids is 2. The number of ketones is 1. The molecule has 0 radical (unpaired) electrons. The maximum absolute atomic E-state index is 12.3. The van der Waals surface area contributed by atoms with Gasteiger partial charge in [0.25, 0.3) is 5.91 Å². The number of aryl methyl sites for hydroxylation is 1. The summed E-state index contributed by atoms with van der Waals surface area (Å²) >= 11 is 13.3. The van der Waals surface area contributed by atoms with Crippen LogP contribution in [0.3, 0.4) is 0 Å². The fourth-order valence-corrected chi connectivity index (χ4v) is 3.54. The van der Waals surface area contributed by atoms with Gasteiger partial charge in [-0.3, -0.25) is 9.59 Å². The molecule has 0 aliphatic heterocycles. The van der Waals surface area contributed by atoms with Gasteiger partial charge in [-0.25, -0.2) is 0 Å². The van der Waals surface area contributed by atoms with Gasteiger partial charge >= 0.3 is 0 Å². The first-order chi connectivity index (χ1) is 13.4. The molecular weight excluding hydrogens is 413 g/mol. The summed E-state index contributed by atoms with van der Waals surface area (Å²) in [4.78, 5) is 25.5. The van der Waals surface area contributed by atoms with Gasteiger partial charge in [0.2, 0.25) is 0 Å². The highest BCUT2D eigenvalue weighted by molar-refractivity contribution is 8.00. The molecule has 0 saturated heterocycles. The minimum atomic E-state index is -0.157. The van der Waals surface area contributed by atoms with E-state index in [1.165, 1.54) is 11.8 Å². The minimum absolute atomic E-state index is 0.0275. The molecule has 1 amide bonds.